The van der Waals surface area contributed by atoms with Gasteiger partial charge < -0.3 is 9.88 Å². The molecule has 2 heterocycles. The first kappa shape index (κ1) is 27.1. The fraction of sp³-hybridized carbons (Fsp3) is 0.190. The van der Waals surface area contributed by atoms with E-state index in [1.54, 1.807) is 0 Å². The summed E-state index contributed by atoms with van der Waals surface area (Å²) in [5, 5.41) is 4.89. The van der Waals surface area contributed by atoms with Crippen LogP contribution in [0.4, 0.5) is 0 Å². The lowest BCUT2D eigenvalue weighted by Gasteiger charge is -2.26. The van der Waals surface area contributed by atoms with Crippen LogP contribution in [-0.2, 0) is 11.8 Å². The minimum Gasteiger partial charge on any atom is -0.337 e. The Balaban J connectivity index is 1.11. The number of aliphatic imine (C=N–C) groups is 2. The van der Waals surface area contributed by atoms with Gasteiger partial charge in [-0.05, 0) is 59.2 Å². The third-order valence-corrected chi connectivity index (χ3v) is 10.3. The molecule has 4 aliphatic rings. The Morgan fingerprint density at radius 3 is 2.15 bits per heavy atom. The van der Waals surface area contributed by atoms with Crippen molar-refractivity contribution in [3.63, 3.8) is 0 Å². The average molecular weight is 597 g/mol. The molecule has 1 aromatic heterocycles. The molecule has 1 unspecified atom stereocenters. The molecular formula is C42H36N4. The number of amidine groups is 2. The predicted octanol–water partition coefficient (Wildman–Crippen LogP) is 9.16. The van der Waals surface area contributed by atoms with Crippen LogP contribution < -0.4 is 5.32 Å². The molecule has 0 saturated heterocycles. The van der Waals surface area contributed by atoms with E-state index in [1.807, 2.05) is 12.1 Å². The molecule has 4 heteroatoms. The summed E-state index contributed by atoms with van der Waals surface area (Å²) in [6.07, 6.45) is 14.5. The number of aromatic nitrogens is 1. The summed E-state index contributed by atoms with van der Waals surface area (Å²) in [6, 6.07) is 34.9. The lowest BCUT2D eigenvalue weighted by atomic mass is 9.82. The first-order valence-electron chi connectivity index (χ1n) is 16.5. The number of rotatable bonds is 4. The van der Waals surface area contributed by atoms with Gasteiger partial charge in [-0.15, -0.1) is 0 Å². The highest BCUT2D eigenvalue weighted by Gasteiger charge is 2.37. The van der Waals surface area contributed by atoms with Crippen molar-refractivity contribution in [1.82, 2.24) is 9.88 Å². The van der Waals surface area contributed by atoms with Gasteiger partial charge in [-0.1, -0.05) is 129 Å². The van der Waals surface area contributed by atoms with E-state index < -0.39 is 0 Å². The number of nitrogens with one attached hydrogen (secondary N) is 1. The Labute approximate surface area is 270 Å². The van der Waals surface area contributed by atoms with E-state index in [1.165, 1.54) is 44.4 Å². The fourth-order valence-electron chi connectivity index (χ4n) is 7.92. The summed E-state index contributed by atoms with van der Waals surface area (Å²) < 4.78 is 2.63. The number of hydrogen-bond donors (Lipinski definition) is 1. The van der Waals surface area contributed by atoms with Gasteiger partial charge in [-0.25, -0.2) is 9.98 Å². The van der Waals surface area contributed by atoms with Gasteiger partial charge in [0.25, 0.3) is 0 Å². The van der Waals surface area contributed by atoms with E-state index >= 15 is 0 Å². The monoisotopic (exact) mass is 596 g/mol. The summed E-state index contributed by atoms with van der Waals surface area (Å²) >= 11 is 0. The van der Waals surface area contributed by atoms with Crippen LogP contribution in [0.3, 0.4) is 0 Å². The minimum atomic E-state index is -0.302. The number of fused-ring (bicyclic) bond motifs is 6. The molecule has 9 rings (SSSR count). The van der Waals surface area contributed by atoms with Crippen molar-refractivity contribution >= 4 is 28.7 Å². The fourth-order valence-corrected chi connectivity index (χ4v) is 7.92. The molecule has 46 heavy (non-hydrogen) atoms. The summed E-state index contributed by atoms with van der Waals surface area (Å²) in [6.45, 7) is 4.74. The standard InChI is InChI=1S/C42H36N4/c1-42(2)35-19-11-9-17-31(35)33-26-38-34(25-36(33)42)32-18-10-12-20-37(32)46(38)30-23-21-29(22-24-30)41-44-39(27-13-5-3-6-14-27)43-40(45-41)28-15-7-4-8-16-28/h3-11,13-19,21-23,25-26,30,41H,12,20,24H2,1-2H3,(H,43,44,45). The average Bonchev–Trinajstić information content (AvgIpc) is 3.56. The predicted molar refractivity (Wildman–Crippen MR) is 191 cm³/mol. The van der Waals surface area contributed by atoms with Gasteiger partial charge in [-0.3, -0.25) is 0 Å². The summed E-state index contributed by atoms with van der Waals surface area (Å²) in [5.74, 6) is 1.70. The Hall–Kier alpha value is -5.22. The van der Waals surface area contributed by atoms with E-state index in [9.17, 15) is 0 Å². The summed E-state index contributed by atoms with van der Waals surface area (Å²) in [4.78, 5) is 10.2. The van der Waals surface area contributed by atoms with Crippen molar-refractivity contribution in [2.24, 2.45) is 9.98 Å². The Morgan fingerprint density at radius 1 is 0.761 bits per heavy atom. The molecule has 224 valence electrons. The van der Waals surface area contributed by atoms with E-state index in [0.717, 1.165) is 47.6 Å². The second-order valence-corrected chi connectivity index (χ2v) is 13.3. The van der Waals surface area contributed by atoms with Crippen LogP contribution in [0.25, 0.3) is 28.1 Å². The molecule has 1 aliphatic heterocycles. The summed E-state index contributed by atoms with van der Waals surface area (Å²) in [7, 11) is 0. The van der Waals surface area contributed by atoms with Crippen LogP contribution in [-0.4, -0.2) is 22.4 Å². The van der Waals surface area contributed by atoms with Crippen molar-refractivity contribution in [2.75, 3.05) is 0 Å². The second-order valence-electron chi connectivity index (χ2n) is 13.3. The Morgan fingerprint density at radius 2 is 1.46 bits per heavy atom. The van der Waals surface area contributed by atoms with Crippen molar-refractivity contribution in [2.45, 2.75) is 50.7 Å². The van der Waals surface area contributed by atoms with Gasteiger partial charge in [0.15, 0.2) is 6.17 Å². The van der Waals surface area contributed by atoms with Crippen molar-refractivity contribution in [1.29, 1.82) is 0 Å². The third kappa shape index (κ3) is 4.20. The number of nitrogens with zero attached hydrogens (tertiary/aromatic N) is 3. The molecule has 0 saturated carbocycles. The van der Waals surface area contributed by atoms with Crippen LogP contribution in [0.2, 0.25) is 0 Å². The van der Waals surface area contributed by atoms with Crippen LogP contribution in [0.1, 0.15) is 66.2 Å². The van der Waals surface area contributed by atoms with E-state index in [2.05, 4.69) is 139 Å². The van der Waals surface area contributed by atoms with Crippen molar-refractivity contribution in [3.05, 3.63) is 160 Å². The van der Waals surface area contributed by atoms with Crippen molar-refractivity contribution in [3.8, 4) is 11.1 Å². The van der Waals surface area contributed by atoms with E-state index in [4.69, 9.17) is 9.98 Å². The maximum Gasteiger partial charge on any atom is 0.169 e. The molecule has 0 fully saturated rings. The van der Waals surface area contributed by atoms with Gasteiger partial charge in [0, 0.05) is 33.2 Å². The Kier molecular flexibility index (Phi) is 6.14. The van der Waals surface area contributed by atoms with Gasteiger partial charge in [0.05, 0.1) is 11.6 Å². The Bertz CT molecular complexity index is 2120. The molecule has 3 aliphatic carbocycles. The molecule has 0 amide bonds. The molecule has 1 N–H and O–H groups in total. The zero-order valence-electron chi connectivity index (χ0n) is 26.2. The van der Waals surface area contributed by atoms with Gasteiger partial charge in [0.2, 0.25) is 0 Å². The van der Waals surface area contributed by atoms with Crippen LogP contribution >= 0.6 is 0 Å². The summed E-state index contributed by atoms with van der Waals surface area (Å²) in [5.41, 5.74) is 13.0. The second kappa shape index (κ2) is 10.4. The highest BCUT2D eigenvalue weighted by molar-refractivity contribution is 6.16. The first-order chi connectivity index (χ1) is 22.6. The van der Waals surface area contributed by atoms with E-state index in [-0.39, 0.29) is 17.6 Å². The van der Waals surface area contributed by atoms with Gasteiger partial charge in [0.1, 0.15) is 11.7 Å². The number of benzene rings is 4. The molecule has 0 spiro atoms. The molecule has 0 bridgehead atoms. The number of hydrogen-bond acceptors (Lipinski definition) is 3. The highest BCUT2D eigenvalue weighted by atomic mass is 15.2. The maximum atomic E-state index is 5.12. The normalized spacial score (nSPS) is 19.5. The molecular weight excluding hydrogens is 560 g/mol. The van der Waals surface area contributed by atoms with Crippen LogP contribution in [0.5, 0.6) is 0 Å². The largest absolute Gasteiger partial charge is 0.337 e. The highest BCUT2D eigenvalue weighted by Crippen LogP contribution is 2.51. The van der Waals surface area contributed by atoms with E-state index in [0.29, 0.717) is 0 Å². The SMILES string of the molecule is CC1(C)c2ccccc2-c2cc3c(cc21)c1c(n3C2C=CC(C3N=C(c4ccccc4)NC(c4ccccc4)=N3)=CC2)CCC=C1. The smallest absolute Gasteiger partial charge is 0.169 e. The molecule has 5 aromatic rings. The molecule has 0 radical (unpaired) electrons. The van der Waals surface area contributed by atoms with Crippen LogP contribution in [0, 0.1) is 0 Å². The van der Waals surface area contributed by atoms with Crippen molar-refractivity contribution < 1.29 is 0 Å². The van der Waals surface area contributed by atoms with Gasteiger partial charge in [-0.2, -0.15) is 0 Å². The first-order valence-corrected chi connectivity index (χ1v) is 16.5. The topological polar surface area (TPSA) is 41.7 Å². The third-order valence-electron chi connectivity index (χ3n) is 10.3. The zero-order valence-corrected chi connectivity index (χ0v) is 26.2. The van der Waals surface area contributed by atoms with Gasteiger partial charge >= 0.3 is 0 Å². The molecule has 4 aromatic carbocycles. The van der Waals surface area contributed by atoms with Crippen LogP contribution in [0.15, 0.2) is 137 Å². The number of allylic oxidation sites excluding steroid dienone is 3. The minimum absolute atomic E-state index is 0.0110. The molecule has 4 nitrogen and oxygen atoms in total. The quantitative estimate of drug-likeness (QED) is 0.221. The molecule has 1 atom stereocenters. The maximum absolute atomic E-state index is 5.12. The lowest BCUT2D eigenvalue weighted by Crippen LogP contribution is -2.38. The lowest BCUT2D eigenvalue weighted by molar-refractivity contribution is 0.592. The zero-order chi connectivity index (χ0) is 30.8.